The number of carbonyl (C=O) groups excluding carboxylic acids is 1. The second-order valence-corrected chi connectivity index (χ2v) is 5.55. The molecule has 2 heterocycles. The van der Waals surface area contributed by atoms with E-state index in [9.17, 15) is 9.18 Å². The number of halogens is 1. The largest absolute Gasteiger partial charge is 0.355 e. The summed E-state index contributed by atoms with van der Waals surface area (Å²) < 4.78 is 19.1. The molecule has 2 aromatic heterocycles. The van der Waals surface area contributed by atoms with Crippen LogP contribution in [0, 0.1) is 5.82 Å². The van der Waals surface area contributed by atoms with Gasteiger partial charge in [-0.05, 0) is 30.3 Å². The highest BCUT2D eigenvalue weighted by atomic mass is 19.1. The van der Waals surface area contributed by atoms with Crippen molar-refractivity contribution in [3.8, 4) is 22.6 Å². The Morgan fingerprint density at radius 3 is 2.81 bits per heavy atom. The van der Waals surface area contributed by atoms with Gasteiger partial charge in [0.15, 0.2) is 5.76 Å². The van der Waals surface area contributed by atoms with Gasteiger partial charge in [-0.25, -0.2) is 4.39 Å². The number of anilines is 1. The molecule has 7 heteroatoms. The number of aromatic nitrogens is 3. The summed E-state index contributed by atoms with van der Waals surface area (Å²) in [6, 6.07) is 15.2. The minimum absolute atomic E-state index is 0.0883. The van der Waals surface area contributed by atoms with Gasteiger partial charge in [-0.1, -0.05) is 29.4 Å². The summed E-state index contributed by atoms with van der Waals surface area (Å²) in [6.45, 7) is 0. The summed E-state index contributed by atoms with van der Waals surface area (Å²) in [6.07, 6.45) is 2.92. The molecule has 0 aliphatic carbocycles. The summed E-state index contributed by atoms with van der Waals surface area (Å²) in [5.74, 6) is -0.837. The third-order valence-corrected chi connectivity index (χ3v) is 3.87. The first-order chi connectivity index (χ1) is 12.7. The van der Waals surface area contributed by atoms with Crippen LogP contribution in [0.25, 0.3) is 22.6 Å². The lowest BCUT2D eigenvalue weighted by Crippen LogP contribution is -2.12. The number of rotatable bonds is 4. The Labute approximate surface area is 147 Å². The van der Waals surface area contributed by atoms with E-state index in [1.807, 2.05) is 24.3 Å². The first kappa shape index (κ1) is 15.8. The van der Waals surface area contributed by atoms with Crippen LogP contribution in [0.4, 0.5) is 10.1 Å². The Bertz CT molecular complexity index is 1060. The maximum Gasteiger partial charge on any atom is 0.261 e. The summed E-state index contributed by atoms with van der Waals surface area (Å²) >= 11 is 0. The SMILES string of the molecule is O=C(Nc1cccc(-c2ccn[nH]2)c1)c1cnoc1-c1ccccc1F. The fourth-order valence-corrected chi connectivity index (χ4v) is 2.62. The van der Waals surface area contributed by atoms with Crippen LogP contribution in [-0.4, -0.2) is 21.3 Å². The Morgan fingerprint density at radius 1 is 1.12 bits per heavy atom. The molecular formula is C19H13FN4O2. The number of H-pyrrole nitrogens is 1. The van der Waals surface area contributed by atoms with Crippen molar-refractivity contribution in [2.24, 2.45) is 0 Å². The maximum atomic E-state index is 14.0. The molecule has 2 N–H and O–H groups in total. The molecule has 0 aliphatic rings. The number of amides is 1. The Morgan fingerprint density at radius 2 is 2.00 bits per heavy atom. The minimum Gasteiger partial charge on any atom is -0.355 e. The molecule has 128 valence electrons. The van der Waals surface area contributed by atoms with Gasteiger partial charge >= 0.3 is 0 Å². The van der Waals surface area contributed by atoms with E-state index in [4.69, 9.17) is 4.52 Å². The van der Waals surface area contributed by atoms with Gasteiger partial charge in [0.05, 0.1) is 17.5 Å². The van der Waals surface area contributed by atoms with Crippen LogP contribution in [0.3, 0.4) is 0 Å². The molecule has 0 saturated heterocycles. The summed E-state index contributed by atoms with van der Waals surface area (Å²) in [5, 5.41) is 13.2. The zero-order valence-electron chi connectivity index (χ0n) is 13.4. The van der Waals surface area contributed by atoms with Crippen LogP contribution < -0.4 is 5.32 Å². The Hall–Kier alpha value is -3.74. The van der Waals surface area contributed by atoms with E-state index >= 15 is 0 Å². The fourth-order valence-electron chi connectivity index (χ4n) is 2.62. The molecule has 2 aromatic carbocycles. The molecule has 26 heavy (non-hydrogen) atoms. The van der Waals surface area contributed by atoms with Gasteiger partial charge in [-0.2, -0.15) is 5.10 Å². The molecule has 0 aliphatic heterocycles. The smallest absolute Gasteiger partial charge is 0.261 e. The second-order valence-electron chi connectivity index (χ2n) is 5.55. The van der Waals surface area contributed by atoms with Crippen LogP contribution in [0.2, 0.25) is 0 Å². The molecular weight excluding hydrogens is 335 g/mol. The van der Waals surface area contributed by atoms with E-state index in [2.05, 4.69) is 20.7 Å². The molecule has 4 rings (SSSR count). The average Bonchev–Trinajstić information content (AvgIpc) is 3.34. The van der Waals surface area contributed by atoms with Crippen LogP contribution >= 0.6 is 0 Å². The Balaban J connectivity index is 1.62. The molecule has 0 spiro atoms. The van der Waals surface area contributed by atoms with Gasteiger partial charge in [0.25, 0.3) is 5.91 Å². The van der Waals surface area contributed by atoms with Crippen molar-refractivity contribution in [1.82, 2.24) is 15.4 Å². The number of hydrogen-bond acceptors (Lipinski definition) is 4. The predicted molar refractivity (Wildman–Crippen MR) is 93.9 cm³/mol. The first-order valence-corrected chi connectivity index (χ1v) is 7.83. The number of hydrogen-bond donors (Lipinski definition) is 2. The van der Waals surface area contributed by atoms with Gasteiger partial charge in [0, 0.05) is 17.4 Å². The monoisotopic (exact) mass is 348 g/mol. The number of benzene rings is 2. The van der Waals surface area contributed by atoms with Gasteiger partial charge in [0.2, 0.25) is 0 Å². The first-order valence-electron chi connectivity index (χ1n) is 7.83. The summed E-state index contributed by atoms with van der Waals surface area (Å²) in [4.78, 5) is 12.6. The lowest BCUT2D eigenvalue weighted by molar-refractivity contribution is 0.102. The van der Waals surface area contributed by atoms with Gasteiger partial charge in [-0.15, -0.1) is 0 Å². The molecule has 0 radical (unpaired) electrons. The highest BCUT2D eigenvalue weighted by Gasteiger charge is 2.20. The van der Waals surface area contributed by atoms with Crippen LogP contribution in [0.1, 0.15) is 10.4 Å². The minimum atomic E-state index is -0.487. The lowest BCUT2D eigenvalue weighted by atomic mass is 10.1. The van der Waals surface area contributed by atoms with Crippen molar-refractivity contribution in [3.05, 3.63) is 78.4 Å². The third-order valence-electron chi connectivity index (χ3n) is 3.87. The molecule has 0 fully saturated rings. The number of nitrogens with one attached hydrogen (secondary N) is 2. The molecule has 4 aromatic rings. The van der Waals surface area contributed by atoms with E-state index in [1.54, 1.807) is 24.4 Å². The van der Waals surface area contributed by atoms with Crippen molar-refractivity contribution >= 4 is 11.6 Å². The van der Waals surface area contributed by atoms with Gasteiger partial charge in [-0.3, -0.25) is 9.89 Å². The van der Waals surface area contributed by atoms with Crippen LogP contribution in [-0.2, 0) is 0 Å². The summed E-state index contributed by atoms with van der Waals surface area (Å²) in [7, 11) is 0. The zero-order chi connectivity index (χ0) is 17.9. The van der Waals surface area contributed by atoms with Gasteiger partial charge < -0.3 is 9.84 Å². The molecule has 0 saturated carbocycles. The third kappa shape index (κ3) is 2.98. The van der Waals surface area contributed by atoms with E-state index in [0.29, 0.717) is 5.69 Å². The van der Waals surface area contributed by atoms with E-state index < -0.39 is 11.7 Å². The lowest BCUT2D eigenvalue weighted by Gasteiger charge is -2.07. The second kappa shape index (κ2) is 6.64. The molecule has 0 bridgehead atoms. The topological polar surface area (TPSA) is 83.8 Å². The maximum absolute atomic E-state index is 14.0. The van der Waals surface area contributed by atoms with Crippen LogP contribution in [0.5, 0.6) is 0 Å². The van der Waals surface area contributed by atoms with Gasteiger partial charge in [0.1, 0.15) is 11.4 Å². The van der Waals surface area contributed by atoms with Crippen molar-refractivity contribution in [2.45, 2.75) is 0 Å². The van der Waals surface area contributed by atoms with E-state index in [-0.39, 0.29) is 16.9 Å². The van der Waals surface area contributed by atoms with Crippen LogP contribution in [0.15, 0.2) is 71.5 Å². The number of aromatic amines is 1. The molecule has 6 nitrogen and oxygen atoms in total. The summed E-state index contributed by atoms with van der Waals surface area (Å²) in [5.41, 5.74) is 2.63. The van der Waals surface area contributed by atoms with E-state index in [1.165, 1.54) is 18.3 Å². The molecule has 0 unspecified atom stereocenters. The molecule has 1 amide bonds. The van der Waals surface area contributed by atoms with Crippen molar-refractivity contribution in [3.63, 3.8) is 0 Å². The number of carbonyl (C=O) groups is 1. The highest BCUT2D eigenvalue weighted by molar-refractivity contribution is 6.07. The zero-order valence-corrected chi connectivity index (χ0v) is 13.4. The highest BCUT2D eigenvalue weighted by Crippen LogP contribution is 2.27. The quantitative estimate of drug-likeness (QED) is 0.581. The fraction of sp³-hybridized carbons (Fsp3) is 0. The Kier molecular flexibility index (Phi) is 4.03. The van der Waals surface area contributed by atoms with Crippen molar-refractivity contribution < 1.29 is 13.7 Å². The van der Waals surface area contributed by atoms with E-state index in [0.717, 1.165) is 11.3 Å². The van der Waals surface area contributed by atoms with Crippen molar-refractivity contribution in [1.29, 1.82) is 0 Å². The standard InChI is InChI=1S/C19H13FN4O2/c20-16-7-2-1-6-14(16)18-15(11-22-26-18)19(25)23-13-5-3-4-12(10-13)17-8-9-21-24-17/h1-11H,(H,21,24)(H,23,25). The predicted octanol–water partition coefficient (Wildman–Crippen LogP) is 4.12. The normalized spacial score (nSPS) is 10.7. The molecule has 0 atom stereocenters. The number of nitrogens with zero attached hydrogens (tertiary/aromatic N) is 2. The van der Waals surface area contributed by atoms with Crippen molar-refractivity contribution in [2.75, 3.05) is 5.32 Å². The average molecular weight is 348 g/mol.